The zero-order valence-electron chi connectivity index (χ0n) is 8.82. The maximum Gasteiger partial charge on any atom is 0.248 e. The lowest BCUT2D eigenvalue weighted by Gasteiger charge is -2.07. The van der Waals surface area contributed by atoms with Gasteiger partial charge in [0.1, 0.15) is 0 Å². The van der Waals surface area contributed by atoms with E-state index in [2.05, 4.69) is 0 Å². The summed E-state index contributed by atoms with van der Waals surface area (Å²) in [6.07, 6.45) is 0.972. The summed E-state index contributed by atoms with van der Waals surface area (Å²) in [5.41, 5.74) is 12.7. The zero-order valence-corrected chi connectivity index (χ0v) is 8.82. The van der Waals surface area contributed by atoms with Crippen LogP contribution in [0.5, 0.6) is 0 Å². The van der Waals surface area contributed by atoms with E-state index in [4.69, 9.17) is 16.2 Å². The van der Waals surface area contributed by atoms with Crippen molar-refractivity contribution in [3.8, 4) is 0 Å². The second-order valence-electron chi connectivity index (χ2n) is 3.33. The number of benzene rings is 1. The molecule has 0 radical (unpaired) electrons. The third-order valence-corrected chi connectivity index (χ3v) is 2.04. The third kappa shape index (κ3) is 3.25. The predicted molar refractivity (Wildman–Crippen MR) is 59.3 cm³/mol. The number of nitrogens with two attached hydrogens (primary N) is 2. The highest BCUT2D eigenvalue weighted by Crippen LogP contribution is 2.15. The fraction of sp³-hybridized carbons (Fsp3) is 0.364. The lowest BCUT2D eigenvalue weighted by molar-refractivity contribution is 0.1000. The van der Waals surface area contributed by atoms with Gasteiger partial charge in [0.15, 0.2) is 0 Å². The maximum absolute atomic E-state index is 10.9. The first-order chi connectivity index (χ1) is 7.15. The van der Waals surface area contributed by atoms with Gasteiger partial charge in [-0.3, -0.25) is 4.79 Å². The quantitative estimate of drug-likeness (QED) is 0.565. The van der Waals surface area contributed by atoms with Crippen LogP contribution in [0.4, 0.5) is 5.69 Å². The van der Waals surface area contributed by atoms with Crippen molar-refractivity contribution in [1.29, 1.82) is 0 Å². The maximum atomic E-state index is 10.9. The Bertz CT molecular complexity index is 350. The molecule has 82 valence electrons. The highest BCUT2D eigenvalue weighted by atomic mass is 16.5. The van der Waals surface area contributed by atoms with Crippen LogP contribution < -0.4 is 11.5 Å². The molecular formula is C11H16N2O2. The van der Waals surface area contributed by atoms with E-state index in [0.29, 0.717) is 24.5 Å². The lowest BCUT2D eigenvalue weighted by Crippen LogP contribution is -2.11. The van der Waals surface area contributed by atoms with Crippen molar-refractivity contribution in [2.45, 2.75) is 20.0 Å². The molecule has 0 fully saturated rings. The van der Waals surface area contributed by atoms with Gasteiger partial charge in [0.2, 0.25) is 5.91 Å². The average molecular weight is 208 g/mol. The van der Waals surface area contributed by atoms with Crippen LogP contribution in [0, 0.1) is 0 Å². The number of hydrogen-bond acceptors (Lipinski definition) is 3. The number of hydrogen-bond donors (Lipinski definition) is 2. The first kappa shape index (κ1) is 11.5. The van der Waals surface area contributed by atoms with E-state index < -0.39 is 5.91 Å². The molecule has 0 spiro atoms. The van der Waals surface area contributed by atoms with E-state index in [-0.39, 0.29) is 0 Å². The summed E-state index contributed by atoms with van der Waals surface area (Å²) >= 11 is 0. The molecule has 4 nitrogen and oxygen atoms in total. The number of carbonyl (C=O) groups excluding carboxylic acids is 1. The molecule has 1 amide bonds. The summed E-state index contributed by atoms with van der Waals surface area (Å²) in [5, 5.41) is 0. The molecule has 0 saturated heterocycles. The van der Waals surface area contributed by atoms with Crippen LogP contribution in [0.1, 0.15) is 29.3 Å². The Kier molecular flexibility index (Phi) is 4.12. The predicted octanol–water partition coefficient (Wildman–Crippen LogP) is 1.29. The summed E-state index contributed by atoms with van der Waals surface area (Å²) in [6, 6.07) is 5.00. The highest BCUT2D eigenvalue weighted by molar-refractivity contribution is 5.93. The number of nitrogen functional groups attached to an aromatic ring is 1. The van der Waals surface area contributed by atoms with Gasteiger partial charge >= 0.3 is 0 Å². The number of rotatable bonds is 5. The SMILES string of the molecule is CCCOCc1ccc(C(N)=O)cc1N. The largest absolute Gasteiger partial charge is 0.398 e. The molecule has 1 aromatic rings. The Balaban J connectivity index is 2.70. The molecule has 0 heterocycles. The Morgan fingerprint density at radius 2 is 2.20 bits per heavy atom. The van der Waals surface area contributed by atoms with E-state index >= 15 is 0 Å². The number of anilines is 1. The number of carbonyl (C=O) groups is 1. The van der Waals surface area contributed by atoms with Crippen molar-refractivity contribution in [3.63, 3.8) is 0 Å². The van der Waals surface area contributed by atoms with Crippen LogP contribution in [0.2, 0.25) is 0 Å². The van der Waals surface area contributed by atoms with Crippen molar-refractivity contribution in [3.05, 3.63) is 29.3 Å². The van der Waals surface area contributed by atoms with Crippen LogP contribution >= 0.6 is 0 Å². The van der Waals surface area contributed by atoms with Crippen molar-refractivity contribution in [2.75, 3.05) is 12.3 Å². The van der Waals surface area contributed by atoms with Gasteiger partial charge in [-0.1, -0.05) is 13.0 Å². The fourth-order valence-electron chi connectivity index (χ4n) is 1.21. The Hall–Kier alpha value is -1.55. The van der Waals surface area contributed by atoms with Gasteiger partial charge in [-0.05, 0) is 18.6 Å². The van der Waals surface area contributed by atoms with Gasteiger partial charge < -0.3 is 16.2 Å². The van der Waals surface area contributed by atoms with Crippen LogP contribution in [0.25, 0.3) is 0 Å². The Labute approximate surface area is 89.2 Å². The van der Waals surface area contributed by atoms with E-state index in [9.17, 15) is 4.79 Å². The van der Waals surface area contributed by atoms with Crippen molar-refractivity contribution >= 4 is 11.6 Å². The second-order valence-corrected chi connectivity index (χ2v) is 3.33. The minimum atomic E-state index is -0.470. The topological polar surface area (TPSA) is 78.3 Å². The van der Waals surface area contributed by atoms with E-state index in [1.807, 2.05) is 6.92 Å². The molecule has 1 aromatic carbocycles. The monoisotopic (exact) mass is 208 g/mol. The number of primary amides is 1. The molecule has 0 aromatic heterocycles. The fourth-order valence-corrected chi connectivity index (χ4v) is 1.21. The normalized spacial score (nSPS) is 10.2. The number of ether oxygens (including phenoxy) is 1. The molecule has 0 atom stereocenters. The molecule has 0 bridgehead atoms. The molecule has 0 unspecified atom stereocenters. The standard InChI is InChI=1S/C11H16N2O2/c1-2-5-15-7-9-4-3-8(11(13)14)6-10(9)12/h3-4,6H,2,5,7,12H2,1H3,(H2,13,14). The van der Waals surface area contributed by atoms with Gasteiger partial charge in [-0.25, -0.2) is 0 Å². The van der Waals surface area contributed by atoms with Crippen LogP contribution in [0.15, 0.2) is 18.2 Å². The molecule has 4 heteroatoms. The van der Waals surface area contributed by atoms with Crippen molar-refractivity contribution in [1.82, 2.24) is 0 Å². The summed E-state index contributed by atoms with van der Waals surface area (Å²) < 4.78 is 5.35. The molecule has 0 saturated carbocycles. The van der Waals surface area contributed by atoms with Crippen molar-refractivity contribution < 1.29 is 9.53 Å². The molecule has 1 rings (SSSR count). The zero-order chi connectivity index (χ0) is 11.3. The molecule has 15 heavy (non-hydrogen) atoms. The van der Waals surface area contributed by atoms with E-state index in [1.54, 1.807) is 18.2 Å². The second kappa shape index (κ2) is 5.36. The summed E-state index contributed by atoms with van der Waals surface area (Å²) in [7, 11) is 0. The van der Waals surface area contributed by atoms with Gasteiger partial charge in [0.05, 0.1) is 6.61 Å². The highest BCUT2D eigenvalue weighted by Gasteiger charge is 2.04. The summed E-state index contributed by atoms with van der Waals surface area (Å²) in [6.45, 7) is 3.22. The van der Waals surface area contributed by atoms with Crippen LogP contribution in [0.3, 0.4) is 0 Å². The number of amides is 1. The van der Waals surface area contributed by atoms with E-state index in [1.165, 1.54) is 0 Å². The first-order valence-electron chi connectivity index (χ1n) is 4.91. The van der Waals surface area contributed by atoms with Crippen LogP contribution in [-0.2, 0) is 11.3 Å². The molecule has 0 aliphatic carbocycles. The Morgan fingerprint density at radius 1 is 1.47 bits per heavy atom. The van der Waals surface area contributed by atoms with Gasteiger partial charge in [0.25, 0.3) is 0 Å². The molecule has 4 N–H and O–H groups in total. The van der Waals surface area contributed by atoms with Gasteiger partial charge in [0, 0.05) is 23.4 Å². The average Bonchev–Trinajstić information content (AvgIpc) is 2.20. The smallest absolute Gasteiger partial charge is 0.248 e. The molecule has 0 aliphatic heterocycles. The van der Waals surface area contributed by atoms with Crippen LogP contribution in [-0.4, -0.2) is 12.5 Å². The van der Waals surface area contributed by atoms with Gasteiger partial charge in [-0.2, -0.15) is 0 Å². The van der Waals surface area contributed by atoms with E-state index in [0.717, 1.165) is 12.0 Å². The first-order valence-corrected chi connectivity index (χ1v) is 4.91. The minimum absolute atomic E-state index is 0.423. The Morgan fingerprint density at radius 3 is 2.73 bits per heavy atom. The summed E-state index contributed by atoms with van der Waals surface area (Å²) in [4.78, 5) is 10.9. The molecule has 0 aliphatic rings. The third-order valence-electron chi connectivity index (χ3n) is 2.04. The minimum Gasteiger partial charge on any atom is -0.398 e. The van der Waals surface area contributed by atoms with Crippen molar-refractivity contribution in [2.24, 2.45) is 5.73 Å². The van der Waals surface area contributed by atoms with Gasteiger partial charge in [-0.15, -0.1) is 0 Å². The molecular weight excluding hydrogens is 192 g/mol. The summed E-state index contributed by atoms with van der Waals surface area (Å²) in [5.74, 6) is -0.470. The lowest BCUT2D eigenvalue weighted by atomic mass is 10.1.